The molecule has 1 aromatic heterocycles. The molecular formula is C16H25N5O3S. The third-order valence-corrected chi connectivity index (χ3v) is 6.58. The molecule has 1 aliphatic carbocycles. The van der Waals surface area contributed by atoms with E-state index < -0.39 is 16.3 Å². The van der Waals surface area contributed by atoms with Crippen LogP contribution in [0.25, 0.3) is 0 Å². The SMILES string of the molecule is Cc1ncc(C(=O)NC2CC2)c([C@@H]2CCCCN2S(=O)(=O)N(C)C)n1. The predicted octanol–water partition coefficient (Wildman–Crippen LogP) is 1.01. The summed E-state index contributed by atoms with van der Waals surface area (Å²) in [6.07, 6.45) is 5.84. The Labute approximate surface area is 148 Å². The van der Waals surface area contributed by atoms with Gasteiger partial charge in [-0.05, 0) is 32.6 Å². The molecule has 1 aromatic rings. The zero-order chi connectivity index (χ0) is 18.2. The third-order valence-electron chi connectivity index (χ3n) is 4.62. The number of hydrogen-bond acceptors (Lipinski definition) is 5. The molecule has 2 heterocycles. The summed E-state index contributed by atoms with van der Waals surface area (Å²) in [7, 11) is -0.547. The van der Waals surface area contributed by atoms with Crippen LogP contribution in [0, 0.1) is 6.92 Å². The van der Waals surface area contributed by atoms with E-state index in [1.165, 1.54) is 28.9 Å². The molecule has 138 valence electrons. The molecule has 2 aliphatic rings. The molecule has 1 amide bonds. The van der Waals surface area contributed by atoms with Gasteiger partial charge in [-0.25, -0.2) is 9.97 Å². The van der Waals surface area contributed by atoms with Gasteiger partial charge in [-0.3, -0.25) is 4.79 Å². The van der Waals surface area contributed by atoms with E-state index in [1.54, 1.807) is 6.92 Å². The van der Waals surface area contributed by atoms with Crippen LogP contribution in [0.2, 0.25) is 0 Å². The molecular weight excluding hydrogens is 342 g/mol. The molecule has 3 rings (SSSR count). The fourth-order valence-corrected chi connectivity index (χ4v) is 4.38. The maximum absolute atomic E-state index is 12.7. The zero-order valence-electron chi connectivity index (χ0n) is 14.9. The fraction of sp³-hybridized carbons (Fsp3) is 0.688. The van der Waals surface area contributed by atoms with Crippen molar-refractivity contribution in [2.24, 2.45) is 0 Å². The number of carbonyl (C=O) groups excluding carboxylic acids is 1. The maximum atomic E-state index is 12.7. The van der Waals surface area contributed by atoms with E-state index in [4.69, 9.17) is 0 Å². The highest BCUT2D eigenvalue weighted by atomic mass is 32.2. The lowest BCUT2D eigenvalue weighted by Crippen LogP contribution is -2.45. The van der Waals surface area contributed by atoms with Crippen LogP contribution in [-0.4, -0.2) is 59.6 Å². The largest absolute Gasteiger partial charge is 0.349 e. The van der Waals surface area contributed by atoms with E-state index in [1.807, 2.05) is 0 Å². The van der Waals surface area contributed by atoms with Crippen LogP contribution in [0.5, 0.6) is 0 Å². The van der Waals surface area contributed by atoms with Gasteiger partial charge in [-0.1, -0.05) is 6.42 Å². The summed E-state index contributed by atoms with van der Waals surface area (Å²) in [5.74, 6) is 0.316. The highest BCUT2D eigenvalue weighted by Gasteiger charge is 2.38. The summed E-state index contributed by atoms with van der Waals surface area (Å²) in [5, 5.41) is 2.95. The molecule has 1 atom stereocenters. The zero-order valence-corrected chi connectivity index (χ0v) is 15.7. The summed E-state index contributed by atoms with van der Waals surface area (Å²) in [6.45, 7) is 2.18. The molecule has 9 heteroatoms. The lowest BCUT2D eigenvalue weighted by atomic mass is 9.98. The minimum absolute atomic E-state index is 0.217. The number of nitrogens with zero attached hydrogens (tertiary/aromatic N) is 4. The summed E-state index contributed by atoms with van der Waals surface area (Å²) < 4.78 is 28.1. The molecule has 0 aromatic carbocycles. The molecule has 1 N–H and O–H groups in total. The first kappa shape index (κ1) is 18.2. The Balaban J connectivity index is 2.00. The van der Waals surface area contributed by atoms with Gasteiger partial charge >= 0.3 is 0 Å². The number of piperidine rings is 1. The molecule has 2 fully saturated rings. The number of nitrogens with one attached hydrogen (secondary N) is 1. The second kappa shape index (κ2) is 6.97. The van der Waals surface area contributed by atoms with E-state index in [0.717, 1.165) is 25.7 Å². The first-order valence-electron chi connectivity index (χ1n) is 8.64. The maximum Gasteiger partial charge on any atom is 0.282 e. The quantitative estimate of drug-likeness (QED) is 0.838. The van der Waals surface area contributed by atoms with E-state index in [2.05, 4.69) is 15.3 Å². The highest BCUT2D eigenvalue weighted by Crippen LogP contribution is 2.34. The topological polar surface area (TPSA) is 95.5 Å². The van der Waals surface area contributed by atoms with E-state index in [9.17, 15) is 13.2 Å². The number of hydrogen-bond donors (Lipinski definition) is 1. The number of aryl methyl sites for hydroxylation is 1. The minimum atomic E-state index is -3.59. The van der Waals surface area contributed by atoms with Crippen LogP contribution in [0.4, 0.5) is 0 Å². The summed E-state index contributed by atoms with van der Waals surface area (Å²) >= 11 is 0. The molecule has 1 saturated carbocycles. The normalized spacial score (nSPS) is 22.2. The molecule has 25 heavy (non-hydrogen) atoms. The van der Waals surface area contributed by atoms with Crippen molar-refractivity contribution in [1.29, 1.82) is 0 Å². The Hall–Kier alpha value is -1.58. The van der Waals surface area contributed by atoms with Gasteiger partial charge in [0, 0.05) is 32.9 Å². The van der Waals surface area contributed by atoms with Crippen molar-refractivity contribution in [3.63, 3.8) is 0 Å². The first-order chi connectivity index (χ1) is 11.8. The van der Waals surface area contributed by atoms with Crippen molar-refractivity contribution < 1.29 is 13.2 Å². The molecule has 1 aliphatic heterocycles. The van der Waals surface area contributed by atoms with Gasteiger partial charge in [0.2, 0.25) is 0 Å². The average Bonchev–Trinajstić information content (AvgIpc) is 3.38. The van der Waals surface area contributed by atoms with Crippen LogP contribution in [0.1, 0.15) is 60.0 Å². The van der Waals surface area contributed by atoms with Crippen molar-refractivity contribution >= 4 is 16.1 Å². The lowest BCUT2D eigenvalue weighted by Gasteiger charge is -2.36. The summed E-state index contributed by atoms with van der Waals surface area (Å²) in [5.41, 5.74) is 0.888. The van der Waals surface area contributed by atoms with Gasteiger partial charge in [0.15, 0.2) is 0 Å². The summed E-state index contributed by atoms with van der Waals surface area (Å²) in [4.78, 5) is 21.2. The van der Waals surface area contributed by atoms with Crippen LogP contribution in [0.3, 0.4) is 0 Å². The number of amides is 1. The average molecular weight is 367 g/mol. The van der Waals surface area contributed by atoms with Gasteiger partial charge in [-0.15, -0.1) is 0 Å². The number of rotatable bonds is 5. The lowest BCUT2D eigenvalue weighted by molar-refractivity contribution is 0.0946. The van der Waals surface area contributed by atoms with Gasteiger partial charge in [0.25, 0.3) is 16.1 Å². The molecule has 0 spiro atoms. The molecule has 8 nitrogen and oxygen atoms in total. The number of aromatic nitrogens is 2. The van der Waals surface area contributed by atoms with Crippen molar-refractivity contribution in [2.45, 2.75) is 51.1 Å². The first-order valence-corrected chi connectivity index (χ1v) is 10.0. The number of carbonyl (C=O) groups is 1. The van der Waals surface area contributed by atoms with Crippen LogP contribution >= 0.6 is 0 Å². The van der Waals surface area contributed by atoms with Crippen LogP contribution in [-0.2, 0) is 10.2 Å². The molecule has 1 saturated heterocycles. The Morgan fingerprint density at radius 1 is 1.28 bits per heavy atom. The van der Waals surface area contributed by atoms with E-state index in [0.29, 0.717) is 30.0 Å². The van der Waals surface area contributed by atoms with Crippen molar-refractivity contribution in [3.05, 3.63) is 23.3 Å². The standard InChI is InChI=1S/C16H25N5O3S/c1-11-17-10-13(16(22)19-12-7-8-12)15(18-11)14-6-4-5-9-21(14)25(23,24)20(2)3/h10,12,14H,4-9H2,1-3H3,(H,19,22)/t14-/m0/s1. The highest BCUT2D eigenvalue weighted by molar-refractivity contribution is 7.86. The van der Waals surface area contributed by atoms with Gasteiger partial charge in [0.05, 0.1) is 17.3 Å². The van der Waals surface area contributed by atoms with Crippen LogP contribution < -0.4 is 5.32 Å². The Kier molecular flexibility index (Phi) is 5.08. The predicted molar refractivity (Wildman–Crippen MR) is 93.2 cm³/mol. The molecule has 0 bridgehead atoms. The Morgan fingerprint density at radius 3 is 2.64 bits per heavy atom. The van der Waals surface area contributed by atoms with Crippen molar-refractivity contribution in [2.75, 3.05) is 20.6 Å². The monoisotopic (exact) mass is 367 g/mol. The van der Waals surface area contributed by atoms with Crippen molar-refractivity contribution in [3.8, 4) is 0 Å². The fourth-order valence-electron chi connectivity index (χ4n) is 3.07. The third kappa shape index (κ3) is 3.83. The second-order valence-corrected chi connectivity index (χ2v) is 8.97. The Bertz CT molecular complexity index is 761. The van der Waals surface area contributed by atoms with Gasteiger partial charge in [0.1, 0.15) is 5.82 Å². The smallest absolute Gasteiger partial charge is 0.282 e. The second-order valence-electron chi connectivity index (χ2n) is 6.88. The van der Waals surface area contributed by atoms with Crippen LogP contribution in [0.15, 0.2) is 6.20 Å². The van der Waals surface area contributed by atoms with E-state index >= 15 is 0 Å². The van der Waals surface area contributed by atoms with E-state index in [-0.39, 0.29) is 11.9 Å². The minimum Gasteiger partial charge on any atom is -0.349 e. The van der Waals surface area contributed by atoms with Gasteiger partial charge in [-0.2, -0.15) is 17.0 Å². The summed E-state index contributed by atoms with van der Waals surface area (Å²) in [6, 6.07) is -0.225. The molecule has 0 unspecified atom stereocenters. The van der Waals surface area contributed by atoms with Gasteiger partial charge < -0.3 is 5.32 Å². The molecule has 0 radical (unpaired) electrons. The van der Waals surface area contributed by atoms with Crippen molar-refractivity contribution in [1.82, 2.24) is 23.9 Å². The Morgan fingerprint density at radius 2 is 2.00 bits per heavy atom.